The van der Waals surface area contributed by atoms with E-state index in [-0.39, 0.29) is 11.9 Å². The van der Waals surface area contributed by atoms with Gasteiger partial charge in [0.15, 0.2) is 0 Å². The molecule has 1 atom stereocenters. The van der Waals surface area contributed by atoms with Crippen LogP contribution >= 0.6 is 0 Å². The lowest BCUT2D eigenvalue weighted by atomic mass is 10.0. The number of nitrogens with zero attached hydrogens (tertiary/aromatic N) is 5. The summed E-state index contributed by atoms with van der Waals surface area (Å²) in [6.07, 6.45) is 3.12. The van der Waals surface area contributed by atoms with E-state index in [1.807, 2.05) is 56.8 Å². The van der Waals surface area contributed by atoms with E-state index in [1.165, 1.54) is 6.33 Å². The second kappa shape index (κ2) is 6.88. The van der Waals surface area contributed by atoms with Crippen molar-refractivity contribution < 1.29 is 4.79 Å². The molecule has 1 N–H and O–H groups in total. The molecule has 0 bridgehead atoms. The Morgan fingerprint density at radius 3 is 2.68 bits per heavy atom. The summed E-state index contributed by atoms with van der Waals surface area (Å²) in [4.78, 5) is 16.8. The maximum Gasteiger partial charge on any atom is 0.252 e. The molecule has 2 aromatic heterocycles. The van der Waals surface area contributed by atoms with Crippen molar-refractivity contribution in [3.05, 3.63) is 65.0 Å². The minimum Gasteiger partial charge on any atom is -0.345 e. The lowest BCUT2D eigenvalue weighted by molar-refractivity contribution is 0.0938. The van der Waals surface area contributed by atoms with Crippen molar-refractivity contribution in [2.24, 2.45) is 7.05 Å². The molecule has 0 saturated carbocycles. The first kappa shape index (κ1) is 16.9. The normalized spacial score (nSPS) is 12.2. The van der Waals surface area contributed by atoms with Gasteiger partial charge in [-0.2, -0.15) is 10.2 Å². The van der Waals surface area contributed by atoms with Crippen LogP contribution in [0.25, 0.3) is 0 Å². The summed E-state index contributed by atoms with van der Waals surface area (Å²) in [7, 11) is 1.91. The van der Waals surface area contributed by atoms with E-state index in [1.54, 1.807) is 11.0 Å². The SMILES string of the molecule is Cc1nn(C)c(C)c1C(C)NC(=O)c1ccccc1Cn1cncn1. The predicted molar refractivity (Wildman–Crippen MR) is 94.1 cm³/mol. The Morgan fingerprint density at radius 2 is 2.04 bits per heavy atom. The Labute approximate surface area is 146 Å². The first-order valence-corrected chi connectivity index (χ1v) is 8.18. The smallest absolute Gasteiger partial charge is 0.252 e. The molecule has 2 heterocycles. The molecule has 7 nitrogen and oxygen atoms in total. The van der Waals surface area contributed by atoms with Crippen LogP contribution < -0.4 is 5.32 Å². The first-order valence-electron chi connectivity index (χ1n) is 8.18. The van der Waals surface area contributed by atoms with Crippen molar-refractivity contribution in [2.75, 3.05) is 0 Å². The largest absolute Gasteiger partial charge is 0.345 e. The zero-order chi connectivity index (χ0) is 18.0. The van der Waals surface area contributed by atoms with Crippen molar-refractivity contribution in [3.8, 4) is 0 Å². The van der Waals surface area contributed by atoms with Gasteiger partial charge in [0.2, 0.25) is 0 Å². The molecule has 3 aromatic rings. The molecule has 1 aromatic carbocycles. The number of carbonyl (C=O) groups excluding carboxylic acids is 1. The van der Waals surface area contributed by atoms with E-state index in [9.17, 15) is 4.79 Å². The molecule has 1 unspecified atom stereocenters. The quantitative estimate of drug-likeness (QED) is 0.773. The summed E-state index contributed by atoms with van der Waals surface area (Å²) in [6, 6.07) is 7.42. The highest BCUT2D eigenvalue weighted by molar-refractivity contribution is 5.95. The lowest BCUT2D eigenvalue weighted by Crippen LogP contribution is -2.28. The summed E-state index contributed by atoms with van der Waals surface area (Å²) in [6.45, 7) is 6.46. The zero-order valence-corrected chi connectivity index (χ0v) is 14.9. The number of aryl methyl sites for hydroxylation is 2. The van der Waals surface area contributed by atoms with Crippen LogP contribution in [0.2, 0.25) is 0 Å². The summed E-state index contributed by atoms with van der Waals surface area (Å²) in [5.74, 6) is -0.106. The number of amides is 1. The van der Waals surface area contributed by atoms with E-state index < -0.39 is 0 Å². The average molecular weight is 338 g/mol. The number of rotatable bonds is 5. The van der Waals surface area contributed by atoms with Crippen LogP contribution in [0.5, 0.6) is 0 Å². The van der Waals surface area contributed by atoms with Gasteiger partial charge in [-0.1, -0.05) is 18.2 Å². The van der Waals surface area contributed by atoms with Gasteiger partial charge in [0.1, 0.15) is 12.7 Å². The van der Waals surface area contributed by atoms with Crippen molar-refractivity contribution >= 4 is 5.91 Å². The molecule has 3 rings (SSSR count). The van der Waals surface area contributed by atoms with Crippen LogP contribution in [0.15, 0.2) is 36.9 Å². The molecule has 0 aliphatic carbocycles. The number of hydrogen-bond acceptors (Lipinski definition) is 4. The average Bonchev–Trinajstić information content (AvgIpc) is 3.16. The van der Waals surface area contributed by atoms with Gasteiger partial charge >= 0.3 is 0 Å². The highest BCUT2D eigenvalue weighted by Gasteiger charge is 2.20. The number of carbonyl (C=O) groups is 1. The van der Waals surface area contributed by atoms with E-state index in [4.69, 9.17) is 0 Å². The summed E-state index contributed by atoms with van der Waals surface area (Å²) in [5.41, 5.74) is 4.59. The fourth-order valence-electron chi connectivity index (χ4n) is 3.13. The molecule has 130 valence electrons. The van der Waals surface area contributed by atoms with E-state index in [0.29, 0.717) is 12.1 Å². The van der Waals surface area contributed by atoms with E-state index in [0.717, 1.165) is 22.5 Å². The number of benzene rings is 1. The minimum absolute atomic E-state index is 0.106. The third-order valence-electron chi connectivity index (χ3n) is 4.41. The molecule has 25 heavy (non-hydrogen) atoms. The third kappa shape index (κ3) is 3.45. The Bertz CT molecular complexity index is 881. The molecule has 7 heteroatoms. The number of nitrogens with one attached hydrogen (secondary N) is 1. The summed E-state index contributed by atoms with van der Waals surface area (Å²) < 4.78 is 3.54. The van der Waals surface area contributed by atoms with Crippen LogP contribution in [0.3, 0.4) is 0 Å². The predicted octanol–water partition coefficient (Wildman–Crippen LogP) is 2.17. The molecule has 0 saturated heterocycles. The summed E-state index contributed by atoms with van der Waals surface area (Å²) >= 11 is 0. The highest BCUT2D eigenvalue weighted by atomic mass is 16.1. The second-order valence-electron chi connectivity index (χ2n) is 6.15. The number of hydrogen-bond donors (Lipinski definition) is 1. The summed E-state index contributed by atoms with van der Waals surface area (Å²) in [5, 5.41) is 11.6. The van der Waals surface area contributed by atoms with Crippen LogP contribution in [0.4, 0.5) is 0 Å². The van der Waals surface area contributed by atoms with Gasteiger partial charge < -0.3 is 5.32 Å². The highest BCUT2D eigenvalue weighted by Crippen LogP contribution is 2.21. The maximum atomic E-state index is 12.8. The topological polar surface area (TPSA) is 77.6 Å². The fourth-order valence-corrected chi connectivity index (χ4v) is 3.13. The minimum atomic E-state index is -0.124. The zero-order valence-electron chi connectivity index (χ0n) is 14.9. The van der Waals surface area contributed by atoms with Gasteiger partial charge in [0.25, 0.3) is 5.91 Å². The van der Waals surface area contributed by atoms with Crippen molar-refractivity contribution in [2.45, 2.75) is 33.4 Å². The first-order chi connectivity index (χ1) is 12.0. The molecule has 1 amide bonds. The molecular formula is C18H22N6O. The van der Waals surface area contributed by atoms with Gasteiger partial charge in [0.05, 0.1) is 18.3 Å². The fraction of sp³-hybridized carbons (Fsp3) is 0.333. The van der Waals surface area contributed by atoms with Crippen molar-refractivity contribution in [1.29, 1.82) is 0 Å². The Balaban J connectivity index is 1.82. The van der Waals surface area contributed by atoms with Crippen molar-refractivity contribution in [1.82, 2.24) is 29.9 Å². The van der Waals surface area contributed by atoms with Crippen LogP contribution in [0, 0.1) is 13.8 Å². The standard InChI is InChI=1S/C18H22N6O/c1-12(17-13(2)22-23(4)14(17)3)21-18(25)16-8-6-5-7-15(16)9-24-11-19-10-20-24/h5-8,10-12H,9H2,1-4H3,(H,21,25). The second-order valence-corrected chi connectivity index (χ2v) is 6.15. The van der Waals surface area contributed by atoms with Gasteiger partial charge in [-0.25, -0.2) is 9.67 Å². The van der Waals surface area contributed by atoms with E-state index >= 15 is 0 Å². The molecule has 0 radical (unpaired) electrons. The van der Waals surface area contributed by atoms with Crippen LogP contribution in [0.1, 0.15) is 45.8 Å². The molecule has 0 spiro atoms. The molecular weight excluding hydrogens is 316 g/mol. The van der Waals surface area contributed by atoms with Gasteiger partial charge in [-0.15, -0.1) is 0 Å². The maximum absolute atomic E-state index is 12.8. The Kier molecular flexibility index (Phi) is 4.65. The van der Waals surface area contributed by atoms with Crippen molar-refractivity contribution in [3.63, 3.8) is 0 Å². The van der Waals surface area contributed by atoms with Gasteiger partial charge in [-0.3, -0.25) is 9.48 Å². The molecule has 0 aliphatic rings. The van der Waals surface area contributed by atoms with E-state index in [2.05, 4.69) is 20.5 Å². The molecule has 0 aliphatic heterocycles. The Morgan fingerprint density at radius 1 is 1.28 bits per heavy atom. The van der Waals surface area contributed by atoms with Crippen LogP contribution in [-0.4, -0.2) is 30.5 Å². The van der Waals surface area contributed by atoms with Gasteiger partial charge in [-0.05, 0) is 32.4 Å². The van der Waals surface area contributed by atoms with Crippen LogP contribution in [-0.2, 0) is 13.6 Å². The third-order valence-corrected chi connectivity index (χ3v) is 4.41. The number of aromatic nitrogens is 5. The Hall–Kier alpha value is -2.96. The lowest BCUT2D eigenvalue weighted by Gasteiger charge is -2.16. The van der Waals surface area contributed by atoms with Gasteiger partial charge in [0, 0.05) is 23.9 Å². The molecule has 0 fully saturated rings. The monoisotopic (exact) mass is 338 g/mol.